The lowest BCUT2D eigenvalue weighted by molar-refractivity contribution is -0.137. The Balaban J connectivity index is 0.000000271. The number of anilines is 1. The summed E-state index contributed by atoms with van der Waals surface area (Å²) in [6.07, 6.45) is 5.73. The van der Waals surface area contributed by atoms with Gasteiger partial charge in [0.25, 0.3) is 0 Å². The highest BCUT2D eigenvalue weighted by Crippen LogP contribution is 2.34. The molecule has 19 nitrogen and oxygen atoms in total. The Morgan fingerprint density at radius 2 is 1.47 bits per heavy atom. The summed E-state index contributed by atoms with van der Waals surface area (Å²) in [5, 5.41) is 8.85. The monoisotopic (exact) mass is 989 g/mol. The number of ether oxygens (including phenoxy) is 4. The van der Waals surface area contributed by atoms with Crippen LogP contribution in [0.4, 0.5) is 19.0 Å². The molecule has 2 aromatic heterocycles. The summed E-state index contributed by atoms with van der Waals surface area (Å²) >= 11 is 0. The SMILES string of the molecule is CC(C)N(C)C1CCC(N2CCC(Nc3ncnc4ccc(C(F)(F)F)cc34)C2=O)CC1.CN1CC(C(=O)NCCOCCOCCC(=O)NCCOCCOCCC(N)=O)CC1=O.c1ccncc1. The van der Waals surface area contributed by atoms with Crippen molar-refractivity contribution in [1.82, 2.24) is 40.3 Å². The number of pyridine rings is 1. The smallest absolute Gasteiger partial charge is 0.379 e. The van der Waals surface area contributed by atoms with Gasteiger partial charge < -0.3 is 55.3 Å². The van der Waals surface area contributed by atoms with Crippen LogP contribution in [-0.4, -0.2) is 176 Å². The van der Waals surface area contributed by atoms with Crippen molar-refractivity contribution in [1.29, 1.82) is 0 Å². The minimum Gasteiger partial charge on any atom is -0.379 e. The quantitative estimate of drug-likeness (QED) is 0.0943. The molecule has 2 unspecified atom stereocenters. The third-order valence-corrected chi connectivity index (χ3v) is 12.1. The van der Waals surface area contributed by atoms with Crippen molar-refractivity contribution in [2.24, 2.45) is 11.7 Å². The van der Waals surface area contributed by atoms with E-state index in [0.717, 1.165) is 37.8 Å². The number of amides is 5. The molecule has 1 saturated carbocycles. The van der Waals surface area contributed by atoms with Crippen molar-refractivity contribution in [3.05, 3.63) is 60.7 Å². The van der Waals surface area contributed by atoms with Crippen molar-refractivity contribution in [2.45, 2.75) is 95.6 Å². The molecule has 22 heteroatoms. The second-order valence-electron chi connectivity index (χ2n) is 17.4. The molecule has 2 atom stereocenters. The molecule has 0 radical (unpaired) electrons. The summed E-state index contributed by atoms with van der Waals surface area (Å²) in [4.78, 5) is 76.6. The number of aromatic nitrogens is 3. The first-order chi connectivity index (χ1) is 33.5. The molecule has 4 heterocycles. The predicted molar refractivity (Wildman–Crippen MR) is 255 cm³/mol. The Morgan fingerprint density at radius 3 is 2.03 bits per heavy atom. The summed E-state index contributed by atoms with van der Waals surface area (Å²) in [5.41, 5.74) is 4.63. The fraction of sp³-hybridized carbons (Fsp3) is 0.625. The summed E-state index contributed by atoms with van der Waals surface area (Å²) in [5.74, 6) is -0.701. The second kappa shape index (κ2) is 30.2. The van der Waals surface area contributed by atoms with E-state index >= 15 is 0 Å². The maximum atomic E-state index is 13.2. The van der Waals surface area contributed by atoms with Gasteiger partial charge in [-0.1, -0.05) is 6.07 Å². The van der Waals surface area contributed by atoms with Crippen LogP contribution >= 0.6 is 0 Å². The van der Waals surface area contributed by atoms with Gasteiger partial charge in [0.2, 0.25) is 29.5 Å². The van der Waals surface area contributed by atoms with Crippen LogP contribution in [0.25, 0.3) is 10.9 Å². The van der Waals surface area contributed by atoms with Crippen molar-refractivity contribution < 1.29 is 56.1 Å². The molecular weight excluding hydrogens is 918 g/mol. The zero-order valence-electron chi connectivity index (χ0n) is 40.8. The van der Waals surface area contributed by atoms with Gasteiger partial charge in [-0.3, -0.25) is 29.0 Å². The third kappa shape index (κ3) is 20.1. The summed E-state index contributed by atoms with van der Waals surface area (Å²) in [6.45, 7) is 8.98. The molecule has 0 bridgehead atoms. The van der Waals surface area contributed by atoms with Crippen LogP contribution in [0.5, 0.6) is 0 Å². The minimum absolute atomic E-state index is 0.00408. The molecule has 1 aromatic carbocycles. The third-order valence-electron chi connectivity index (χ3n) is 12.1. The molecule has 3 aliphatic rings. The number of nitrogens with one attached hydrogen (secondary N) is 3. The van der Waals surface area contributed by atoms with E-state index < -0.39 is 23.7 Å². The Kier molecular flexibility index (Phi) is 24.6. The summed E-state index contributed by atoms with van der Waals surface area (Å²) in [6, 6.07) is 9.89. The molecule has 2 saturated heterocycles. The van der Waals surface area contributed by atoms with E-state index in [4.69, 9.17) is 24.7 Å². The molecule has 70 heavy (non-hydrogen) atoms. The van der Waals surface area contributed by atoms with E-state index in [2.05, 4.69) is 56.7 Å². The normalized spacial score (nSPS) is 19.2. The number of rotatable bonds is 24. The number of carbonyl (C=O) groups is 5. The number of primary amides is 1. The number of hydrogen-bond donors (Lipinski definition) is 4. The van der Waals surface area contributed by atoms with Crippen molar-refractivity contribution >= 4 is 46.3 Å². The van der Waals surface area contributed by atoms with Gasteiger partial charge in [0.1, 0.15) is 18.2 Å². The number of alkyl halides is 3. The first kappa shape index (κ1) is 57.0. The molecule has 6 rings (SSSR count). The van der Waals surface area contributed by atoms with Gasteiger partial charge >= 0.3 is 6.18 Å². The van der Waals surface area contributed by atoms with Gasteiger partial charge in [-0.15, -0.1) is 0 Å². The van der Waals surface area contributed by atoms with Crippen LogP contribution in [0.2, 0.25) is 0 Å². The molecule has 2 aliphatic heterocycles. The maximum Gasteiger partial charge on any atom is 0.416 e. The summed E-state index contributed by atoms with van der Waals surface area (Å²) in [7, 11) is 3.85. The lowest BCUT2D eigenvalue weighted by Gasteiger charge is -2.39. The van der Waals surface area contributed by atoms with Crippen LogP contribution in [0.1, 0.15) is 70.8 Å². The Bertz CT molecular complexity index is 2040. The van der Waals surface area contributed by atoms with E-state index in [1.165, 1.54) is 12.4 Å². The lowest BCUT2D eigenvalue weighted by atomic mass is 9.89. The first-order valence-corrected chi connectivity index (χ1v) is 23.9. The van der Waals surface area contributed by atoms with E-state index in [1.807, 2.05) is 23.1 Å². The number of carbonyl (C=O) groups excluding carboxylic acids is 5. The van der Waals surface area contributed by atoms with E-state index in [9.17, 15) is 37.1 Å². The zero-order chi connectivity index (χ0) is 50.9. The molecule has 1 aliphatic carbocycles. The van der Waals surface area contributed by atoms with E-state index in [-0.39, 0.29) is 79.3 Å². The number of nitrogens with two attached hydrogens (primary N) is 1. The Morgan fingerprint density at radius 1 is 0.843 bits per heavy atom. The van der Waals surface area contributed by atoms with Crippen LogP contribution in [0.15, 0.2) is 55.1 Å². The van der Waals surface area contributed by atoms with Crippen molar-refractivity contribution in [3.63, 3.8) is 0 Å². The van der Waals surface area contributed by atoms with Crippen LogP contribution < -0.4 is 21.7 Å². The number of likely N-dealkylation sites (tertiary alicyclic amines) is 2. The Labute approximate surface area is 408 Å². The molecule has 0 spiro atoms. The maximum absolute atomic E-state index is 13.2. The fourth-order valence-electron chi connectivity index (χ4n) is 7.99. The lowest BCUT2D eigenvalue weighted by Crippen LogP contribution is -2.46. The van der Waals surface area contributed by atoms with E-state index in [1.54, 1.807) is 24.3 Å². The van der Waals surface area contributed by atoms with Crippen molar-refractivity contribution in [2.75, 3.05) is 98.4 Å². The van der Waals surface area contributed by atoms with Gasteiger partial charge in [-0.25, -0.2) is 9.97 Å². The van der Waals surface area contributed by atoms with E-state index in [0.29, 0.717) is 89.8 Å². The average molecular weight is 989 g/mol. The van der Waals surface area contributed by atoms with Gasteiger partial charge in [-0.2, -0.15) is 13.2 Å². The average Bonchev–Trinajstić information content (AvgIpc) is 3.89. The van der Waals surface area contributed by atoms with Gasteiger partial charge in [-0.05, 0) is 83.3 Å². The molecule has 3 aromatic rings. The zero-order valence-corrected chi connectivity index (χ0v) is 40.8. The highest BCUT2D eigenvalue weighted by atomic mass is 19.4. The first-order valence-electron chi connectivity index (χ1n) is 23.9. The molecular formula is C48H71F3N10O9. The predicted octanol–water partition coefficient (Wildman–Crippen LogP) is 3.42. The highest BCUT2D eigenvalue weighted by molar-refractivity contribution is 5.93. The number of hydrogen-bond acceptors (Lipinski definition) is 14. The van der Waals surface area contributed by atoms with Crippen molar-refractivity contribution in [3.8, 4) is 0 Å². The molecule has 388 valence electrons. The van der Waals surface area contributed by atoms with Crippen LogP contribution in [0, 0.1) is 5.92 Å². The number of fused-ring (bicyclic) bond motifs is 1. The van der Waals surface area contributed by atoms with Crippen LogP contribution in [0.3, 0.4) is 0 Å². The van der Waals surface area contributed by atoms with Gasteiger partial charge in [0, 0.05) is 88.4 Å². The van der Waals surface area contributed by atoms with Gasteiger partial charge in [0.15, 0.2) is 0 Å². The number of benzene rings is 1. The standard InChI is InChI=1S/C23H30F3N5O.C20H36N4O8.C5H5N/c1-14(2)30(3)16-5-7-17(8-6-16)31-11-10-20(22(31)32)29-21-18-12-15(23(24,25)26)4-9-19(18)27-13-28-21;1-24-15-16(14-19(24)27)20(28)23-5-9-32-13-11-30-7-3-18(26)22-4-8-31-12-10-29-6-2-17(21)25;1-2-4-6-5-3-1/h4,9,12-14,16-17,20H,5-8,10-11H2,1-3H3,(H,27,28,29);16H,2-15H2,1H3,(H2,21,25)(H,22,26)(H,23,28);1-5H. The number of halogens is 3. The van der Waals surface area contributed by atoms with Gasteiger partial charge in [0.05, 0.1) is 69.9 Å². The molecule has 5 amide bonds. The minimum atomic E-state index is -4.45. The topological polar surface area (TPSA) is 233 Å². The highest BCUT2D eigenvalue weighted by Gasteiger charge is 2.39. The summed E-state index contributed by atoms with van der Waals surface area (Å²) < 4.78 is 60.6. The molecule has 5 N–H and O–H groups in total. The van der Waals surface area contributed by atoms with Crippen LogP contribution in [-0.2, 0) is 49.1 Å². The number of nitrogens with zero attached hydrogens (tertiary/aromatic N) is 6. The largest absolute Gasteiger partial charge is 0.416 e. The Hall–Kier alpha value is -5.55. The molecule has 3 fully saturated rings. The second-order valence-corrected chi connectivity index (χ2v) is 17.4. The fourth-order valence-corrected chi connectivity index (χ4v) is 7.99.